The van der Waals surface area contributed by atoms with Crippen LogP contribution in [0.3, 0.4) is 0 Å². The number of amides is 1. The summed E-state index contributed by atoms with van der Waals surface area (Å²) in [4.78, 5) is 15.3. The number of carbonyl (C=O) groups is 1. The van der Waals surface area contributed by atoms with E-state index in [1.807, 2.05) is 12.1 Å². The molecule has 0 saturated carbocycles. The summed E-state index contributed by atoms with van der Waals surface area (Å²) < 4.78 is 1.08. The van der Waals surface area contributed by atoms with Crippen molar-refractivity contribution in [1.82, 2.24) is 10.2 Å². The number of rotatable bonds is 6. The van der Waals surface area contributed by atoms with Crippen molar-refractivity contribution >= 4 is 33.6 Å². The Morgan fingerprint density at radius 1 is 1.45 bits per heavy atom. The summed E-state index contributed by atoms with van der Waals surface area (Å²) in [5.74, 6) is 0.989. The van der Waals surface area contributed by atoms with Crippen molar-refractivity contribution in [3.63, 3.8) is 0 Å². The largest absolute Gasteiger partial charge is 0.355 e. The summed E-state index contributed by atoms with van der Waals surface area (Å²) in [7, 11) is 2.13. The van der Waals surface area contributed by atoms with Gasteiger partial charge in [0.25, 0.3) is 0 Å². The van der Waals surface area contributed by atoms with Gasteiger partial charge in [0, 0.05) is 34.1 Å². The standard InChI is InChI=1S/C15H21BrN2OS/c1-18-9-2-3-13(18)11-17-15(19)8-10-20-14-6-4-12(16)5-7-14/h4-7,13H,2-3,8-11H2,1H3,(H,17,19). The topological polar surface area (TPSA) is 32.3 Å². The van der Waals surface area contributed by atoms with Gasteiger partial charge in [-0.3, -0.25) is 4.79 Å². The van der Waals surface area contributed by atoms with Crippen LogP contribution in [0.5, 0.6) is 0 Å². The van der Waals surface area contributed by atoms with E-state index < -0.39 is 0 Å². The van der Waals surface area contributed by atoms with Crippen molar-refractivity contribution in [1.29, 1.82) is 0 Å². The lowest BCUT2D eigenvalue weighted by molar-refractivity contribution is -0.120. The summed E-state index contributed by atoms with van der Waals surface area (Å²) in [5, 5.41) is 3.05. The molecule has 1 fully saturated rings. The number of carbonyl (C=O) groups excluding carboxylic acids is 1. The highest BCUT2D eigenvalue weighted by molar-refractivity contribution is 9.10. The zero-order chi connectivity index (χ0) is 14.4. The van der Waals surface area contributed by atoms with Crippen LogP contribution in [0.1, 0.15) is 19.3 Å². The van der Waals surface area contributed by atoms with E-state index in [0.717, 1.165) is 23.3 Å². The first-order valence-electron chi connectivity index (χ1n) is 7.00. The average Bonchev–Trinajstić information content (AvgIpc) is 2.84. The van der Waals surface area contributed by atoms with Gasteiger partial charge in [-0.15, -0.1) is 11.8 Å². The Balaban J connectivity index is 1.61. The van der Waals surface area contributed by atoms with Crippen LogP contribution in [-0.2, 0) is 4.79 Å². The van der Waals surface area contributed by atoms with Crippen LogP contribution in [0.15, 0.2) is 33.6 Å². The molecule has 20 heavy (non-hydrogen) atoms. The molecule has 1 atom stereocenters. The Kier molecular flexibility index (Phi) is 6.39. The number of hydrogen-bond acceptors (Lipinski definition) is 3. The molecule has 1 aliphatic rings. The highest BCUT2D eigenvalue weighted by atomic mass is 79.9. The number of hydrogen-bond donors (Lipinski definition) is 1. The molecule has 0 bridgehead atoms. The Bertz CT molecular complexity index is 438. The van der Waals surface area contributed by atoms with Gasteiger partial charge in [0.15, 0.2) is 0 Å². The molecule has 0 radical (unpaired) electrons. The predicted molar refractivity (Wildman–Crippen MR) is 88.1 cm³/mol. The van der Waals surface area contributed by atoms with E-state index in [0.29, 0.717) is 12.5 Å². The molecule has 1 aliphatic heterocycles. The molecule has 110 valence electrons. The number of halogens is 1. The zero-order valence-corrected chi connectivity index (χ0v) is 14.2. The van der Waals surface area contributed by atoms with E-state index in [9.17, 15) is 4.79 Å². The number of nitrogens with zero attached hydrogens (tertiary/aromatic N) is 1. The first-order valence-corrected chi connectivity index (χ1v) is 8.78. The number of thioether (sulfide) groups is 1. The van der Waals surface area contributed by atoms with Crippen molar-refractivity contribution in [3.8, 4) is 0 Å². The molecular formula is C15H21BrN2OS. The molecule has 1 aromatic rings. The highest BCUT2D eigenvalue weighted by Gasteiger charge is 2.20. The molecule has 1 amide bonds. The first kappa shape index (κ1) is 15.9. The molecule has 1 aromatic carbocycles. The van der Waals surface area contributed by atoms with E-state index in [1.165, 1.54) is 17.7 Å². The third kappa shape index (κ3) is 5.11. The number of nitrogens with one attached hydrogen (secondary N) is 1. The third-order valence-corrected chi connectivity index (χ3v) is 5.16. The Labute approximate surface area is 133 Å². The molecule has 0 aliphatic carbocycles. The van der Waals surface area contributed by atoms with Gasteiger partial charge in [-0.25, -0.2) is 0 Å². The van der Waals surface area contributed by atoms with Gasteiger partial charge in [0.1, 0.15) is 0 Å². The molecule has 3 nitrogen and oxygen atoms in total. The lowest BCUT2D eigenvalue weighted by atomic mass is 10.2. The normalized spacial score (nSPS) is 19.2. The minimum atomic E-state index is 0.162. The number of benzene rings is 1. The van der Waals surface area contributed by atoms with E-state index in [2.05, 4.69) is 45.3 Å². The second-order valence-corrected chi connectivity index (χ2v) is 7.22. The van der Waals surface area contributed by atoms with Crippen molar-refractivity contribution < 1.29 is 4.79 Å². The SMILES string of the molecule is CN1CCCC1CNC(=O)CCSc1ccc(Br)cc1. The van der Waals surface area contributed by atoms with Crippen LogP contribution >= 0.6 is 27.7 Å². The Morgan fingerprint density at radius 2 is 2.20 bits per heavy atom. The van der Waals surface area contributed by atoms with Crippen molar-refractivity contribution in [3.05, 3.63) is 28.7 Å². The highest BCUT2D eigenvalue weighted by Crippen LogP contribution is 2.21. The van der Waals surface area contributed by atoms with Crippen LogP contribution in [0.25, 0.3) is 0 Å². The van der Waals surface area contributed by atoms with Gasteiger partial charge >= 0.3 is 0 Å². The van der Waals surface area contributed by atoms with Gasteiger partial charge < -0.3 is 10.2 Å². The second-order valence-electron chi connectivity index (χ2n) is 5.13. The maximum Gasteiger partial charge on any atom is 0.220 e. The fourth-order valence-electron chi connectivity index (χ4n) is 2.35. The van der Waals surface area contributed by atoms with Crippen LogP contribution in [0.4, 0.5) is 0 Å². The van der Waals surface area contributed by atoms with Crippen molar-refractivity contribution in [2.45, 2.75) is 30.2 Å². The lowest BCUT2D eigenvalue weighted by Gasteiger charge is -2.19. The summed E-state index contributed by atoms with van der Waals surface area (Å²) in [6.45, 7) is 1.94. The van der Waals surface area contributed by atoms with Crippen molar-refractivity contribution in [2.75, 3.05) is 25.9 Å². The maximum absolute atomic E-state index is 11.8. The average molecular weight is 357 g/mol. The van der Waals surface area contributed by atoms with Gasteiger partial charge in [-0.05, 0) is 50.7 Å². The Hall–Kier alpha value is -0.520. The van der Waals surface area contributed by atoms with Crippen LogP contribution < -0.4 is 5.32 Å². The van der Waals surface area contributed by atoms with Gasteiger partial charge in [-0.1, -0.05) is 15.9 Å². The summed E-state index contributed by atoms with van der Waals surface area (Å²) in [6.07, 6.45) is 3.03. The minimum Gasteiger partial charge on any atom is -0.355 e. The maximum atomic E-state index is 11.8. The molecule has 1 saturated heterocycles. The minimum absolute atomic E-state index is 0.162. The summed E-state index contributed by atoms with van der Waals surface area (Å²) >= 11 is 5.14. The molecule has 1 N–H and O–H groups in total. The van der Waals surface area contributed by atoms with Gasteiger partial charge in [0.05, 0.1) is 0 Å². The molecule has 2 rings (SSSR count). The lowest BCUT2D eigenvalue weighted by Crippen LogP contribution is -2.38. The van der Waals surface area contributed by atoms with Crippen LogP contribution in [-0.4, -0.2) is 42.7 Å². The quantitative estimate of drug-likeness (QED) is 0.794. The molecular weight excluding hydrogens is 336 g/mol. The summed E-state index contributed by atoms with van der Waals surface area (Å²) in [5.41, 5.74) is 0. The predicted octanol–water partition coefficient (Wildman–Crippen LogP) is 3.14. The molecule has 0 aromatic heterocycles. The number of likely N-dealkylation sites (tertiary alicyclic amines) is 1. The van der Waals surface area contributed by atoms with E-state index in [4.69, 9.17) is 0 Å². The first-order chi connectivity index (χ1) is 9.65. The van der Waals surface area contributed by atoms with Gasteiger partial charge in [0.2, 0.25) is 5.91 Å². The second kappa shape index (κ2) is 8.05. The molecule has 1 unspecified atom stereocenters. The van der Waals surface area contributed by atoms with E-state index in [-0.39, 0.29) is 5.91 Å². The molecule has 0 spiro atoms. The van der Waals surface area contributed by atoms with E-state index >= 15 is 0 Å². The van der Waals surface area contributed by atoms with Crippen LogP contribution in [0.2, 0.25) is 0 Å². The van der Waals surface area contributed by atoms with Crippen molar-refractivity contribution in [2.24, 2.45) is 0 Å². The molecule has 1 heterocycles. The zero-order valence-electron chi connectivity index (χ0n) is 11.8. The fourth-order valence-corrected chi connectivity index (χ4v) is 3.47. The monoisotopic (exact) mass is 356 g/mol. The smallest absolute Gasteiger partial charge is 0.220 e. The third-order valence-electron chi connectivity index (χ3n) is 3.62. The Morgan fingerprint density at radius 3 is 2.85 bits per heavy atom. The number of likely N-dealkylation sites (N-methyl/N-ethyl adjacent to an activating group) is 1. The summed E-state index contributed by atoms with van der Waals surface area (Å²) in [6, 6.07) is 8.72. The molecule has 5 heteroatoms. The van der Waals surface area contributed by atoms with E-state index in [1.54, 1.807) is 11.8 Å². The van der Waals surface area contributed by atoms with Gasteiger partial charge in [-0.2, -0.15) is 0 Å². The van der Waals surface area contributed by atoms with Crippen LogP contribution in [0, 0.1) is 0 Å². The fraction of sp³-hybridized carbons (Fsp3) is 0.533.